The molecule has 0 aliphatic rings. The molecule has 0 radical (unpaired) electrons. The maximum absolute atomic E-state index is 12.2. The van der Waals surface area contributed by atoms with Crippen LogP contribution < -0.4 is 4.74 Å². The number of carbonyl (C=O) groups excluding carboxylic acids is 1. The molecule has 0 fully saturated rings. The fourth-order valence-corrected chi connectivity index (χ4v) is 2.99. The SMILES string of the molecule is CC(C(=O)O)C(C)C(=O)Oc1ccc(S(=O)(=O)OCc2ccccc2)cc1. The zero-order valence-electron chi connectivity index (χ0n) is 14.9. The fourth-order valence-electron chi connectivity index (χ4n) is 2.09. The number of carbonyl (C=O) groups is 2. The molecule has 27 heavy (non-hydrogen) atoms. The third kappa shape index (κ3) is 5.63. The second-order valence-corrected chi connectivity index (χ2v) is 7.63. The number of esters is 1. The number of benzene rings is 2. The van der Waals surface area contributed by atoms with Crippen molar-refractivity contribution in [1.82, 2.24) is 0 Å². The molecule has 0 saturated heterocycles. The highest BCUT2D eigenvalue weighted by Gasteiger charge is 2.27. The molecule has 0 spiro atoms. The predicted octanol–water partition coefficient (Wildman–Crippen LogP) is 2.85. The van der Waals surface area contributed by atoms with Crippen LogP contribution in [0.4, 0.5) is 0 Å². The Balaban J connectivity index is 2.01. The summed E-state index contributed by atoms with van der Waals surface area (Å²) in [6.45, 7) is 2.77. The van der Waals surface area contributed by atoms with E-state index < -0.39 is 33.9 Å². The first kappa shape index (κ1) is 20.6. The lowest BCUT2D eigenvalue weighted by Crippen LogP contribution is -2.28. The highest BCUT2D eigenvalue weighted by Crippen LogP contribution is 2.21. The minimum Gasteiger partial charge on any atom is -0.481 e. The van der Waals surface area contributed by atoms with Crippen LogP contribution in [0.1, 0.15) is 19.4 Å². The highest BCUT2D eigenvalue weighted by molar-refractivity contribution is 7.86. The Hall–Kier alpha value is -2.71. The fraction of sp³-hybridized carbons (Fsp3) is 0.263. The maximum atomic E-state index is 12.2. The summed E-state index contributed by atoms with van der Waals surface area (Å²) in [5, 5.41) is 8.94. The molecule has 2 atom stereocenters. The zero-order chi connectivity index (χ0) is 20.0. The molecular weight excluding hydrogens is 372 g/mol. The van der Waals surface area contributed by atoms with Gasteiger partial charge in [-0.2, -0.15) is 8.42 Å². The molecule has 1 N–H and O–H groups in total. The van der Waals surface area contributed by atoms with Crippen molar-refractivity contribution in [2.75, 3.05) is 0 Å². The topological polar surface area (TPSA) is 107 Å². The Bertz CT molecular complexity index is 889. The van der Waals surface area contributed by atoms with Crippen molar-refractivity contribution in [1.29, 1.82) is 0 Å². The zero-order valence-corrected chi connectivity index (χ0v) is 15.7. The molecule has 0 aliphatic carbocycles. The number of ether oxygens (including phenoxy) is 1. The van der Waals surface area contributed by atoms with Crippen LogP contribution in [0.5, 0.6) is 5.75 Å². The molecule has 8 heteroatoms. The molecule has 144 valence electrons. The first-order valence-corrected chi connectivity index (χ1v) is 9.59. The van der Waals surface area contributed by atoms with E-state index in [0.717, 1.165) is 0 Å². The molecule has 0 saturated carbocycles. The highest BCUT2D eigenvalue weighted by atomic mass is 32.2. The van der Waals surface area contributed by atoms with Crippen molar-refractivity contribution < 1.29 is 32.0 Å². The average Bonchev–Trinajstić information content (AvgIpc) is 2.66. The summed E-state index contributed by atoms with van der Waals surface area (Å²) < 4.78 is 34.6. The van der Waals surface area contributed by atoms with Crippen LogP contribution in [0.3, 0.4) is 0 Å². The maximum Gasteiger partial charge on any atom is 0.314 e. The van der Waals surface area contributed by atoms with Gasteiger partial charge < -0.3 is 9.84 Å². The van der Waals surface area contributed by atoms with E-state index in [0.29, 0.717) is 5.56 Å². The predicted molar refractivity (Wildman–Crippen MR) is 96.5 cm³/mol. The van der Waals surface area contributed by atoms with Gasteiger partial charge in [0.25, 0.3) is 10.1 Å². The summed E-state index contributed by atoms with van der Waals surface area (Å²) in [7, 11) is -3.96. The Morgan fingerprint density at radius 1 is 0.963 bits per heavy atom. The van der Waals surface area contributed by atoms with Crippen LogP contribution in [-0.4, -0.2) is 25.5 Å². The van der Waals surface area contributed by atoms with Crippen molar-refractivity contribution in [2.45, 2.75) is 25.3 Å². The van der Waals surface area contributed by atoms with Gasteiger partial charge in [0, 0.05) is 0 Å². The molecule has 0 heterocycles. The van der Waals surface area contributed by atoms with Crippen LogP contribution in [0, 0.1) is 11.8 Å². The first-order chi connectivity index (χ1) is 12.7. The minimum atomic E-state index is -3.96. The smallest absolute Gasteiger partial charge is 0.314 e. The number of hydrogen-bond acceptors (Lipinski definition) is 6. The quantitative estimate of drug-likeness (QED) is 0.418. The van der Waals surface area contributed by atoms with Gasteiger partial charge in [-0.1, -0.05) is 44.2 Å². The summed E-state index contributed by atoms with van der Waals surface area (Å²) in [6, 6.07) is 14.0. The number of carboxylic acids is 1. The average molecular weight is 392 g/mol. The summed E-state index contributed by atoms with van der Waals surface area (Å²) in [6.07, 6.45) is 0. The molecule has 7 nitrogen and oxygen atoms in total. The van der Waals surface area contributed by atoms with E-state index in [1.54, 1.807) is 24.3 Å². The Labute approximate surface area is 157 Å². The molecule has 0 bridgehead atoms. The van der Waals surface area contributed by atoms with E-state index >= 15 is 0 Å². The lowest BCUT2D eigenvalue weighted by molar-refractivity contribution is -0.150. The van der Waals surface area contributed by atoms with Gasteiger partial charge in [-0.3, -0.25) is 13.8 Å². The van der Waals surface area contributed by atoms with Gasteiger partial charge in [0.05, 0.1) is 23.3 Å². The second-order valence-electron chi connectivity index (χ2n) is 6.01. The standard InChI is InChI=1S/C19H20O7S/c1-13(18(20)21)14(2)19(22)26-16-8-10-17(11-9-16)27(23,24)25-12-15-6-4-3-5-7-15/h3-11,13-14H,12H2,1-2H3,(H,20,21). The van der Waals surface area contributed by atoms with E-state index in [1.807, 2.05) is 6.07 Å². The van der Waals surface area contributed by atoms with E-state index in [4.69, 9.17) is 14.0 Å². The van der Waals surface area contributed by atoms with Crippen molar-refractivity contribution >= 4 is 22.1 Å². The first-order valence-electron chi connectivity index (χ1n) is 8.18. The lowest BCUT2D eigenvalue weighted by atomic mass is 9.96. The molecule has 0 aliphatic heterocycles. The van der Waals surface area contributed by atoms with Gasteiger partial charge in [-0.05, 0) is 29.8 Å². The van der Waals surface area contributed by atoms with Gasteiger partial charge in [0.2, 0.25) is 0 Å². The van der Waals surface area contributed by atoms with Gasteiger partial charge in [0.1, 0.15) is 5.75 Å². The van der Waals surface area contributed by atoms with Gasteiger partial charge in [0.15, 0.2) is 0 Å². The Kier molecular flexibility index (Phi) is 6.70. The number of hydrogen-bond donors (Lipinski definition) is 1. The monoisotopic (exact) mass is 392 g/mol. The third-order valence-corrected chi connectivity index (χ3v) is 5.34. The van der Waals surface area contributed by atoms with Gasteiger partial charge in [-0.15, -0.1) is 0 Å². The number of carboxylic acid groups (broad SMARTS) is 1. The summed E-state index contributed by atoms with van der Waals surface area (Å²) in [5.41, 5.74) is 0.716. The number of aliphatic carboxylic acids is 1. The van der Waals surface area contributed by atoms with Crippen molar-refractivity contribution in [3.8, 4) is 5.75 Å². The molecule has 2 aromatic carbocycles. The molecule has 0 amide bonds. The molecule has 2 unspecified atom stereocenters. The van der Waals surface area contributed by atoms with E-state index in [1.165, 1.54) is 38.1 Å². The van der Waals surface area contributed by atoms with Crippen LogP contribution >= 0.6 is 0 Å². The van der Waals surface area contributed by atoms with Crippen LogP contribution in [0.25, 0.3) is 0 Å². The van der Waals surface area contributed by atoms with E-state index in [2.05, 4.69) is 0 Å². The van der Waals surface area contributed by atoms with Gasteiger partial charge in [-0.25, -0.2) is 0 Å². The van der Waals surface area contributed by atoms with Gasteiger partial charge >= 0.3 is 11.9 Å². The summed E-state index contributed by atoms with van der Waals surface area (Å²) >= 11 is 0. The van der Waals surface area contributed by atoms with Crippen molar-refractivity contribution in [2.24, 2.45) is 11.8 Å². The lowest BCUT2D eigenvalue weighted by Gasteiger charge is -2.14. The molecule has 2 rings (SSSR count). The van der Waals surface area contributed by atoms with Crippen LogP contribution in [-0.2, 0) is 30.5 Å². The van der Waals surface area contributed by atoms with Crippen molar-refractivity contribution in [3.05, 3.63) is 60.2 Å². The van der Waals surface area contributed by atoms with Crippen LogP contribution in [0.2, 0.25) is 0 Å². The minimum absolute atomic E-state index is 0.0785. The molecule has 0 aromatic heterocycles. The number of rotatable bonds is 8. The normalized spacial score (nSPS) is 13.6. The van der Waals surface area contributed by atoms with E-state index in [-0.39, 0.29) is 17.3 Å². The Morgan fingerprint density at radius 3 is 2.11 bits per heavy atom. The molecular formula is C19H20O7S. The second kappa shape index (κ2) is 8.79. The van der Waals surface area contributed by atoms with Crippen molar-refractivity contribution in [3.63, 3.8) is 0 Å². The van der Waals surface area contributed by atoms with Crippen LogP contribution in [0.15, 0.2) is 59.5 Å². The molecule has 2 aromatic rings. The van der Waals surface area contributed by atoms with E-state index in [9.17, 15) is 18.0 Å². The third-order valence-electron chi connectivity index (χ3n) is 4.07. The Morgan fingerprint density at radius 2 is 1.56 bits per heavy atom. The summed E-state index contributed by atoms with van der Waals surface area (Å²) in [5.74, 6) is -3.44. The summed E-state index contributed by atoms with van der Waals surface area (Å²) in [4.78, 5) is 22.8. The largest absolute Gasteiger partial charge is 0.481 e.